The number of aromatic carboxylic acids is 1. The number of benzene rings is 4. The molecule has 40 heavy (non-hydrogen) atoms. The Hall–Kier alpha value is -5.70. The zero-order valence-electron chi connectivity index (χ0n) is 21.1. The fraction of sp³-hybridized carbons (Fsp3) is 0.0323. The molecule has 4 aromatic carbocycles. The number of nitrogens with zero attached hydrogens (tertiary/aromatic N) is 4. The molecule has 196 valence electrons. The van der Waals surface area contributed by atoms with E-state index in [1.165, 1.54) is 10.7 Å². The van der Waals surface area contributed by atoms with Crippen molar-refractivity contribution in [2.24, 2.45) is 10.2 Å². The highest BCUT2D eigenvalue weighted by molar-refractivity contribution is 6.06. The largest absolute Gasteiger partial charge is 0.478 e. The molecule has 1 heterocycles. The lowest BCUT2D eigenvalue weighted by atomic mass is 10.1. The third-order valence-electron chi connectivity index (χ3n) is 5.95. The van der Waals surface area contributed by atoms with Crippen LogP contribution in [0.3, 0.4) is 0 Å². The molecular weight excluding hydrogens is 506 g/mol. The summed E-state index contributed by atoms with van der Waals surface area (Å²) in [5, 5.41) is 25.6. The van der Waals surface area contributed by atoms with Gasteiger partial charge in [0.15, 0.2) is 0 Å². The number of carboxylic acid groups (broad SMARTS) is 1. The molecule has 0 spiro atoms. The molecule has 0 aliphatic carbocycles. The SMILES string of the molecule is O=C(CC(=O)n1nc(-c2ccccc2)c(N=Nc2ccccc2C(=O)O)c1-c1ccccc1)Nc1ccccc1. The Bertz CT molecular complexity index is 1700. The molecule has 0 bridgehead atoms. The molecule has 5 rings (SSSR count). The van der Waals surface area contributed by atoms with Gasteiger partial charge in [0.25, 0.3) is 5.91 Å². The van der Waals surface area contributed by atoms with E-state index in [0.717, 1.165) is 0 Å². The number of azo groups is 1. The second-order valence-corrected chi connectivity index (χ2v) is 8.70. The number of carboxylic acids is 1. The van der Waals surface area contributed by atoms with Crippen LogP contribution in [0, 0.1) is 0 Å². The van der Waals surface area contributed by atoms with Gasteiger partial charge in [0.2, 0.25) is 5.91 Å². The van der Waals surface area contributed by atoms with E-state index < -0.39 is 24.2 Å². The average Bonchev–Trinajstić information content (AvgIpc) is 3.37. The first-order valence-corrected chi connectivity index (χ1v) is 12.4. The first kappa shape index (κ1) is 25.9. The summed E-state index contributed by atoms with van der Waals surface area (Å²) in [5.74, 6) is -2.21. The summed E-state index contributed by atoms with van der Waals surface area (Å²) in [7, 11) is 0. The number of rotatable bonds is 8. The molecule has 9 heteroatoms. The van der Waals surface area contributed by atoms with E-state index in [2.05, 4.69) is 20.6 Å². The Kier molecular flexibility index (Phi) is 7.64. The third-order valence-corrected chi connectivity index (χ3v) is 5.95. The van der Waals surface area contributed by atoms with Crippen molar-refractivity contribution in [2.75, 3.05) is 5.32 Å². The fourth-order valence-electron chi connectivity index (χ4n) is 4.11. The number of carbonyl (C=O) groups is 3. The van der Waals surface area contributed by atoms with Crippen molar-refractivity contribution in [3.05, 3.63) is 121 Å². The van der Waals surface area contributed by atoms with E-state index in [9.17, 15) is 19.5 Å². The zero-order chi connectivity index (χ0) is 27.9. The summed E-state index contributed by atoms with van der Waals surface area (Å²) in [4.78, 5) is 38.0. The molecule has 0 aliphatic heterocycles. The minimum Gasteiger partial charge on any atom is -0.478 e. The molecular formula is C31H23N5O4. The van der Waals surface area contributed by atoms with Gasteiger partial charge in [0.1, 0.15) is 29.2 Å². The van der Waals surface area contributed by atoms with E-state index >= 15 is 0 Å². The molecule has 0 atom stereocenters. The van der Waals surface area contributed by atoms with E-state index in [-0.39, 0.29) is 16.9 Å². The predicted octanol–water partition coefficient (Wildman–Crippen LogP) is 7.00. The quantitative estimate of drug-likeness (QED) is 0.165. The highest BCUT2D eigenvalue weighted by Crippen LogP contribution is 2.40. The lowest BCUT2D eigenvalue weighted by molar-refractivity contribution is -0.115. The maximum Gasteiger partial charge on any atom is 0.337 e. The van der Waals surface area contributed by atoms with Gasteiger partial charge in [-0.3, -0.25) is 9.59 Å². The van der Waals surface area contributed by atoms with Gasteiger partial charge in [0.05, 0.1) is 5.56 Å². The molecule has 5 aromatic rings. The van der Waals surface area contributed by atoms with Gasteiger partial charge >= 0.3 is 5.97 Å². The zero-order valence-corrected chi connectivity index (χ0v) is 21.1. The first-order chi connectivity index (χ1) is 19.5. The van der Waals surface area contributed by atoms with Crippen LogP contribution in [0.25, 0.3) is 22.5 Å². The minimum atomic E-state index is -1.14. The summed E-state index contributed by atoms with van der Waals surface area (Å²) >= 11 is 0. The number of amides is 1. The number of anilines is 1. The summed E-state index contributed by atoms with van der Waals surface area (Å²) in [6.45, 7) is 0. The van der Waals surface area contributed by atoms with Gasteiger partial charge in [-0.15, -0.1) is 10.2 Å². The first-order valence-electron chi connectivity index (χ1n) is 12.4. The van der Waals surface area contributed by atoms with Gasteiger partial charge in [-0.25, -0.2) is 4.79 Å². The van der Waals surface area contributed by atoms with Crippen molar-refractivity contribution in [3.8, 4) is 22.5 Å². The van der Waals surface area contributed by atoms with Gasteiger partial charge < -0.3 is 10.4 Å². The van der Waals surface area contributed by atoms with Crippen LogP contribution < -0.4 is 5.32 Å². The molecule has 1 aromatic heterocycles. The molecule has 1 amide bonds. The number of para-hydroxylation sites is 1. The molecule has 0 saturated heterocycles. The lowest BCUT2D eigenvalue weighted by Gasteiger charge is -2.08. The van der Waals surface area contributed by atoms with Crippen molar-refractivity contribution < 1.29 is 19.5 Å². The summed E-state index contributed by atoms with van der Waals surface area (Å²) in [6, 6.07) is 33.3. The Morgan fingerprint density at radius 3 is 1.95 bits per heavy atom. The smallest absolute Gasteiger partial charge is 0.337 e. The van der Waals surface area contributed by atoms with Crippen LogP contribution in [0.15, 0.2) is 125 Å². The maximum absolute atomic E-state index is 13.5. The number of aromatic nitrogens is 2. The van der Waals surface area contributed by atoms with Crippen LogP contribution >= 0.6 is 0 Å². The topological polar surface area (TPSA) is 126 Å². The molecule has 0 saturated carbocycles. The second kappa shape index (κ2) is 11.8. The Labute approximate surface area is 229 Å². The molecule has 0 fully saturated rings. The summed E-state index contributed by atoms with van der Waals surface area (Å²) in [6.07, 6.45) is -0.469. The molecule has 0 aliphatic rings. The monoisotopic (exact) mass is 529 g/mol. The van der Waals surface area contributed by atoms with Crippen molar-refractivity contribution in [2.45, 2.75) is 6.42 Å². The van der Waals surface area contributed by atoms with E-state index in [1.807, 2.05) is 54.6 Å². The van der Waals surface area contributed by atoms with Crippen molar-refractivity contribution in [1.82, 2.24) is 9.78 Å². The van der Waals surface area contributed by atoms with Crippen LogP contribution in [0.4, 0.5) is 17.1 Å². The van der Waals surface area contributed by atoms with Crippen molar-refractivity contribution in [1.29, 1.82) is 0 Å². The number of carbonyl (C=O) groups excluding carboxylic acids is 2. The average molecular weight is 530 g/mol. The highest BCUT2D eigenvalue weighted by Gasteiger charge is 2.26. The highest BCUT2D eigenvalue weighted by atomic mass is 16.4. The van der Waals surface area contributed by atoms with Crippen LogP contribution in [0.1, 0.15) is 21.6 Å². The van der Waals surface area contributed by atoms with E-state index in [0.29, 0.717) is 28.2 Å². The number of hydrogen-bond acceptors (Lipinski definition) is 6. The summed E-state index contributed by atoms with van der Waals surface area (Å²) in [5.41, 5.74) is 2.93. The Morgan fingerprint density at radius 2 is 1.30 bits per heavy atom. The Balaban J connectivity index is 1.63. The van der Waals surface area contributed by atoms with E-state index in [1.54, 1.807) is 54.6 Å². The van der Waals surface area contributed by atoms with Gasteiger partial charge in [-0.1, -0.05) is 91.0 Å². The third kappa shape index (κ3) is 5.73. The molecule has 9 nitrogen and oxygen atoms in total. The van der Waals surface area contributed by atoms with Crippen molar-refractivity contribution in [3.63, 3.8) is 0 Å². The van der Waals surface area contributed by atoms with Gasteiger partial charge in [-0.2, -0.15) is 9.78 Å². The van der Waals surface area contributed by atoms with Crippen LogP contribution in [-0.2, 0) is 4.79 Å². The van der Waals surface area contributed by atoms with Crippen LogP contribution in [0.2, 0.25) is 0 Å². The second-order valence-electron chi connectivity index (χ2n) is 8.70. The van der Waals surface area contributed by atoms with Gasteiger partial charge in [-0.05, 0) is 24.3 Å². The number of hydrogen-bond donors (Lipinski definition) is 2. The normalized spacial score (nSPS) is 10.9. The molecule has 0 radical (unpaired) electrons. The van der Waals surface area contributed by atoms with Crippen molar-refractivity contribution >= 4 is 34.8 Å². The number of nitrogens with one attached hydrogen (secondary N) is 1. The molecule has 2 N–H and O–H groups in total. The van der Waals surface area contributed by atoms with Gasteiger partial charge in [0, 0.05) is 16.8 Å². The fourth-order valence-corrected chi connectivity index (χ4v) is 4.11. The molecule has 0 unspecified atom stereocenters. The lowest BCUT2D eigenvalue weighted by Crippen LogP contribution is -2.22. The Morgan fingerprint density at radius 1 is 0.725 bits per heavy atom. The summed E-state index contributed by atoms with van der Waals surface area (Å²) < 4.78 is 1.17. The maximum atomic E-state index is 13.5. The predicted molar refractivity (Wildman–Crippen MR) is 151 cm³/mol. The van der Waals surface area contributed by atoms with Crippen LogP contribution in [0.5, 0.6) is 0 Å². The van der Waals surface area contributed by atoms with Crippen LogP contribution in [-0.4, -0.2) is 32.7 Å². The standard InChI is InChI=1S/C31H23N5O4/c37-26(32-23-16-8-3-9-17-23)20-27(38)36-30(22-14-6-2-7-15-22)29(28(35-36)21-12-4-1-5-13-21)34-33-25-19-11-10-18-24(25)31(39)40/h1-19H,20H2,(H,32,37)(H,39,40). The van der Waals surface area contributed by atoms with E-state index in [4.69, 9.17) is 0 Å². The minimum absolute atomic E-state index is 0.0187.